The van der Waals surface area contributed by atoms with Crippen LogP contribution in [0.4, 0.5) is 0 Å². The highest BCUT2D eigenvalue weighted by Crippen LogP contribution is 2.49. The minimum absolute atomic E-state index is 0.918. The van der Waals surface area contributed by atoms with Gasteiger partial charge in [-0.1, -0.05) is 30.0 Å². The van der Waals surface area contributed by atoms with E-state index in [-0.39, 0.29) is 0 Å². The van der Waals surface area contributed by atoms with Gasteiger partial charge in [0.05, 0.1) is 14.3 Å². The molecular formula is C12H7BrOS. The van der Waals surface area contributed by atoms with Gasteiger partial charge in [0.2, 0.25) is 0 Å². The fraction of sp³-hybridized carbons (Fsp3) is 0. The normalized spacial score (nSPS) is 12.6. The molecule has 0 spiro atoms. The number of para-hydroxylation sites is 2. The van der Waals surface area contributed by atoms with Crippen molar-refractivity contribution in [1.29, 1.82) is 0 Å². The van der Waals surface area contributed by atoms with Crippen LogP contribution in [0, 0.1) is 0 Å². The summed E-state index contributed by atoms with van der Waals surface area (Å²) in [6, 6.07) is 14.2. The highest BCUT2D eigenvalue weighted by molar-refractivity contribution is 9.10. The zero-order valence-electron chi connectivity index (χ0n) is 7.74. The molecule has 0 radical (unpaired) electrons. The average molecular weight is 279 g/mol. The van der Waals surface area contributed by atoms with Gasteiger partial charge >= 0.3 is 0 Å². The predicted octanol–water partition coefficient (Wildman–Crippen LogP) is 4.71. The number of ether oxygens (including phenoxy) is 1. The second-order valence-corrected chi connectivity index (χ2v) is 5.16. The lowest BCUT2D eigenvalue weighted by Gasteiger charge is -2.19. The molecule has 0 amide bonds. The molecule has 0 aromatic heterocycles. The number of hydrogen-bond donors (Lipinski definition) is 0. The number of rotatable bonds is 0. The Morgan fingerprint density at radius 3 is 2.67 bits per heavy atom. The van der Waals surface area contributed by atoms with Crippen LogP contribution in [0.1, 0.15) is 0 Å². The number of hydrogen-bond acceptors (Lipinski definition) is 2. The molecule has 0 saturated heterocycles. The van der Waals surface area contributed by atoms with Crippen molar-refractivity contribution in [3.8, 4) is 11.5 Å². The first-order valence-electron chi connectivity index (χ1n) is 4.58. The van der Waals surface area contributed by atoms with E-state index in [1.807, 2.05) is 30.3 Å². The SMILES string of the molecule is Brc1cccc2c1Oc1ccccc1S2. The number of benzene rings is 2. The Kier molecular flexibility index (Phi) is 2.22. The van der Waals surface area contributed by atoms with E-state index in [4.69, 9.17) is 4.74 Å². The van der Waals surface area contributed by atoms with Gasteiger partial charge in [-0.25, -0.2) is 0 Å². The number of halogens is 1. The molecule has 3 rings (SSSR count). The van der Waals surface area contributed by atoms with Gasteiger partial charge in [0, 0.05) is 0 Å². The molecule has 0 atom stereocenters. The maximum absolute atomic E-state index is 5.84. The lowest BCUT2D eigenvalue weighted by Crippen LogP contribution is -1.94. The van der Waals surface area contributed by atoms with Crippen LogP contribution in [-0.4, -0.2) is 0 Å². The van der Waals surface area contributed by atoms with Crippen LogP contribution in [0.3, 0.4) is 0 Å². The minimum Gasteiger partial charge on any atom is -0.454 e. The third-order valence-corrected chi connectivity index (χ3v) is 3.93. The van der Waals surface area contributed by atoms with Crippen LogP contribution in [0.2, 0.25) is 0 Å². The maximum Gasteiger partial charge on any atom is 0.155 e. The first kappa shape index (κ1) is 9.31. The molecule has 1 nitrogen and oxygen atoms in total. The second-order valence-electron chi connectivity index (χ2n) is 3.22. The van der Waals surface area contributed by atoms with Gasteiger partial charge in [0.15, 0.2) is 5.75 Å². The van der Waals surface area contributed by atoms with Crippen molar-refractivity contribution in [3.63, 3.8) is 0 Å². The van der Waals surface area contributed by atoms with Crippen molar-refractivity contribution in [1.82, 2.24) is 0 Å². The van der Waals surface area contributed by atoms with Crippen LogP contribution in [-0.2, 0) is 0 Å². The Hall–Kier alpha value is -0.930. The smallest absolute Gasteiger partial charge is 0.155 e. The molecule has 0 saturated carbocycles. The molecule has 2 aromatic rings. The van der Waals surface area contributed by atoms with E-state index in [1.54, 1.807) is 11.8 Å². The van der Waals surface area contributed by atoms with E-state index in [0.29, 0.717) is 0 Å². The summed E-state index contributed by atoms with van der Waals surface area (Å²) >= 11 is 5.24. The molecule has 0 unspecified atom stereocenters. The summed E-state index contributed by atoms with van der Waals surface area (Å²) in [5.41, 5.74) is 0. The molecule has 0 N–H and O–H groups in total. The molecule has 3 heteroatoms. The van der Waals surface area contributed by atoms with Crippen LogP contribution in [0.15, 0.2) is 56.7 Å². The topological polar surface area (TPSA) is 9.23 Å². The van der Waals surface area contributed by atoms with Crippen molar-refractivity contribution in [2.75, 3.05) is 0 Å². The monoisotopic (exact) mass is 278 g/mol. The molecule has 2 aromatic carbocycles. The third kappa shape index (κ3) is 1.56. The van der Waals surface area contributed by atoms with Crippen molar-refractivity contribution >= 4 is 27.7 Å². The summed E-state index contributed by atoms with van der Waals surface area (Å²) in [4.78, 5) is 2.33. The van der Waals surface area contributed by atoms with Crippen LogP contribution >= 0.6 is 27.7 Å². The highest BCUT2D eigenvalue weighted by Gasteiger charge is 2.18. The van der Waals surface area contributed by atoms with Gasteiger partial charge in [-0.15, -0.1) is 0 Å². The molecule has 0 fully saturated rings. The highest BCUT2D eigenvalue weighted by atomic mass is 79.9. The van der Waals surface area contributed by atoms with E-state index in [2.05, 4.69) is 28.1 Å². The molecule has 1 aliphatic rings. The molecule has 15 heavy (non-hydrogen) atoms. The summed E-state index contributed by atoms with van der Waals surface area (Å²) in [6.07, 6.45) is 0. The summed E-state index contributed by atoms with van der Waals surface area (Å²) in [5, 5.41) is 0. The van der Waals surface area contributed by atoms with Gasteiger partial charge in [0.1, 0.15) is 5.75 Å². The molecule has 1 aliphatic heterocycles. The van der Waals surface area contributed by atoms with E-state index in [1.165, 1.54) is 4.90 Å². The lowest BCUT2D eigenvalue weighted by molar-refractivity contribution is 0.451. The Bertz CT molecular complexity index is 525. The van der Waals surface area contributed by atoms with Gasteiger partial charge in [-0.05, 0) is 40.2 Å². The Morgan fingerprint density at radius 1 is 0.933 bits per heavy atom. The van der Waals surface area contributed by atoms with Crippen LogP contribution < -0.4 is 4.74 Å². The van der Waals surface area contributed by atoms with Gasteiger partial charge in [-0.2, -0.15) is 0 Å². The lowest BCUT2D eigenvalue weighted by atomic mass is 10.3. The fourth-order valence-electron chi connectivity index (χ4n) is 1.52. The zero-order valence-corrected chi connectivity index (χ0v) is 10.1. The summed E-state index contributed by atoms with van der Waals surface area (Å²) in [6.45, 7) is 0. The van der Waals surface area contributed by atoms with Crippen molar-refractivity contribution in [2.45, 2.75) is 9.79 Å². The van der Waals surface area contributed by atoms with Crippen LogP contribution in [0.25, 0.3) is 0 Å². The zero-order chi connectivity index (χ0) is 10.3. The number of fused-ring (bicyclic) bond motifs is 2. The predicted molar refractivity (Wildman–Crippen MR) is 64.8 cm³/mol. The van der Waals surface area contributed by atoms with Gasteiger partial charge < -0.3 is 4.74 Å². The summed E-state index contributed by atoms with van der Waals surface area (Å²) in [7, 11) is 0. The van der Waals surface area contributed by atoms with Gasteiger partial charge in [0.25, 0.3) is 0 Å². The van der Waals surface area contributed by atoms with E-state index in [0.717, 1.165) is 20.9 Å². The van der Waals surface area contributed by atoms with E-state index >= 15 is 0 Å². The molecule has 1 heterocycles. The van der Waals surface area contributed by atoms with Crippen molar-refractivity contribution in [3.05, 3.63) is 46.9 Å². The fourth-order valence-corrected chi connectivity index (χ4v) is 3.08. The minimum atomic E-state index is 0.918. The third-order valence-electron chi connectivity index (χ3n) is 2.21. The van der Waals surface area contributed by atoms with Gasteiger partial charge in [-0.3, -0.25) is 0 Å². The molecule has 0 aliphatic carbocycles. The largest absolute Gasteiger partial charge is 0.454 e. The summed E-state index contributed by atoms with van der Waals surface area (Å²) in [5.74, 6) is 1.85. The Labute approximate surface area is 101 Å². The first-order valence-corrected chi connectivity index (χ1v) is 6.19. The van der Waals surface area contributed by atoms with Crippen LogP contribution in [0.5, 0.6) is 11.5 Å². The average Bonchev–Trinajstić information content (AvgIpc) is 2.27. The first-order chi connectivity index (χ1) is 7.34. The van der Waals surface area contributed by atoms with E-state index in [9.17, 15) is 0 Å². The van der Waals surface area contributed by atoms with Crippen molar-refractivity contribution in [2.24, 2.45) is 0 Å². The van der Waals surface area contributed by atoms with E-state index < -0.39 is 0 Å². The molecule has 74 valence electrons. The standard InChI is InChI=1S/C12H7BrOS/c13-8-4-3-7-11-12(8)14-9-5-1-2-6-10(9)15-11/h1-7H. The Morgan fingerprint density at radius 2 is 1.73 bits per heavy atom. The molecule has 0 bridgehead atoms. The second kappa shape index (κ2) is 3.58. The maximum atomic E-state index is 5.84. The summed E-state index contributed by atoms with van der Waals surface area (Å²) < 4.78 is 6.84. The quantitative estimate of drug-likeness (QED) is 0.589. The Balaban J connectivity index is 2.15. The van der Waals surface area contributed by atoms with Crippen molar-refractivity contribution < 1.29 is 4.74 Å². The molecular weight excluding hydrogens is 272 g/mol.